The van der Waals surface area contributed by atoms with Crippen LogP contribution >= 0.6 is 11.6 Å². The zero-order valence-electron chi connectivity index (χ0n) is 10.9. The van der Waals surface area contributed by atoms with Crippen molar-refractivity contribution in [1.29, 1.82) is 0 Å². The molecule has 2 heterocycles. The third-order valence-electron chi connectivity index (χ3n) is 3.13. The number of nitrogen functional groups attached to an aromatic ring is 1. The molecule has 3 aromatic rings. The molecule has 0 spiro atoms. The molecule has 2 aromatic heterocycles. The van der Waals surface area contributed by atoms with Crippen molar-refractivity contribution >= 4 is 17.4 Å². The smallest absolute Gasteiger partial charge is 0.129 e. The maximum atomic E-state index is 6.15. The van der Waals surface area contributed by atoms with Gasteiger partial charge in [0.25, 0.3) is 0 Å². The second kappa shape index (κ2) is 4.98. The molecule has 0 aliphatic heterocycles. The first-order chi connectivity index (χ1) is 9.66. The van der Waals surface area contributed by atoms with Gasteiger partial charge in [0.05, 0.1) is 11.3 Å². The van der Waals surface area contributed by atoms with E-state index in [9.17, 15) is 0 Å². The lowest BCUT2D eigenvalue weighted by atomic mass is 10.0. The van der Waals surface area contributed by atoms with E-state index in [4.69, 9.17) is 17.3 Å². The highest BCUT2D eigenvalue weighted by atomic mass is 35.5. The minimum atomic E-state index is 0.605. The van der Waals surface area contributed by atoms with Gasteiger partial charge in [-0.1, -0.05) is 29.8 Å². The van der Waals surface area contributed by atoms with E-state index in [1.165, 1.54) is 0 Å². The van der Waals surface area contributed by atoms with Crippen molar-refractivity contribution < 1.29 is 0 Å². The Bertz CT molecular complexity index is 733. The maximum absolute atomic E-state index is 6.15. The number of aromatic nitrogens is 3. The fraction of sp³-hybridized carbons (Fsp3) is 0.0667. The molecule has 0 fully saturated rings. The van der Waals surface area contributed by atoms with Crippen molar-refractivity contribution in [2.45, 2.75) is 0 Å². The van der Waals surface area contributed by atoms with E-state index in [1.54, 1.807) is 10.9 Å². The lowest BCUT2D eigenvalue weighted by molar-refractivity contribution is 0.781. The van der Waals surface area contributed by atoms with Gasteiger partial charge in [-0.25, -0.2) is 0 Å². The van der Waals surface area contributed by atoms with Crippen molar-refractivity contribution in [1.82, 2.24) is 14.8 Å². The summed E-state index contributed by atoms with van der Waals surface area (Å²) in [6, 6.07) is 13.3. The van der Waals surface area contributed by atoms with Crippen LogP contribution in [0.5, 0.6) is 0 Å². The van der Waals surface area contributed by atoms with Gasteiger partial charge in [0.1, 0.15) is 11.5 Å². The van der Waals surface area contributed by atoms with Gasteiger partial charge in [0, 0.05) is 18.3 Å². The molecule has 20 heavy (non-hydrogen) atoms. The summed E-state index contributed by atoms with van der Waals surface area (Å²) in [5.74, 6) is 0.605. The number of halogens is 1. The predicted molar refractivity (Wildman–Crippen MR) is 81.3 cm³/mol. The van der Waals surface area contributed by atoms with E-state index in [1.807, 2.05) is 49.5 Å². The summed E-state index contributed by atoms with van der Waals surface area (Å²) in [6.07, 6.45) is 1.74. The maximum Gasteiger partial charge on any atom is 0.129 e. The zero-order chi connectivity index (χ0) is 14.1. The Morgan fingerprint density at radius 2 is 1.85 bits per heavy atom. The third-order valence-corrected chi connectivity index (χ3v) is 3.38. The van der Waals surface area contributed by atoms with Crippen LogP contribution in [-0.4, -0.2) is 14.8 Å². The van der Waals surface area contributed by atoms with Crippen LogP contribution in [-0.2, 0) is 7.05 Å². The topological polar surface area (TPSA) is 56.7 Å². The van der Waals surface area contributed by atoms with Crippen molar-refractivity contribution in [2.24, 2.45) is 7.05 Å². The lowest BCUT2D eigenvalue weighted by Gasteiger charge is -2.04. The number of pyridine rings is 1. The highest BCUT2D eigenvalue weighted by Gasteiger charge is 2.17. The quantitative estimate of drug-likeness (QED) is 0.785. The van der Waals surface area contributed by atoms with Crippen molar-refractivity contribution in [3.8, 4) is 22.5 Å². The fourth-order valence-corrected chi connectivity index (χ4v) is 2.25. The molecule has 0 amide bonds. The normalized spacial score (nSPS) is 10.7. The monoisotopic (exact) mass is 284 g/mol. The average Bonchev–Trinajstić information content (AvgIpc) is 2.77. The van der Waals surface area contributed by atoms with E-state index in [-0.39, 0.29) is 0 Å². The van der Waals surface area contributed by atoms with E-state index in [2.05, 4.69) is 10.1 Å². The number of rotatable bonds is 2. The number of hydrogen-bond acceptors (Lipinski definition) is 3. The minimum absolute atomic E-state index is 0.605. The summed E-state index contributed by atoms with van der Waals surface area (Å²) in [4.78, 5) is 4.35. The molecule has 0 bridgehead atoms. The Hall–Kier alpha value is -2.33. The second-order valence-electron chi connectivity index (χ2n) is 4.45. The Morgan fingerprint density at radius 3 is 2.50 bits per heavy atom. The van der Waals surface area contributed by atoms with E-state index >= 15 is 0 Å². The number of nitrogens with zero attached hydrogens (tertiary/aromatic N) is 3. The number of anilines is 1. The molecular formula is C15H13ClN4. The van der Waals surface area contributed by atoms with Gasteiger partial charge < -0.3 is 5.73 Å². The molecule has 0 radical (unpaired) electrons. The minimum Gasteiger partial charge on any atom is -0.383 e. The number of hydrogen-bond donors (Lipinski definition) is 1. The van der Waals surface area contributed by atoms with Crippen LogP contribution in [0.1, 0.15) is 0 Å². The molecule has 1 aromatic carbocycles. The van der Waals surface area contributed by atoms with Gasteiger partial charge in [-0.3, -0.25) is 9.67 Å². The molecule has 100 valence electrons. The number of nitrogens with two attached hydrogens (primary N) is 1. The van der Waals surface area contributed by atoms with E-state index in [0.717, 1.165) is 22.5 Å². The first-order valence-corrected chi connectivity index (χ1v) is 6.54. The molecule has 5 heteroatoms. The number of benzene rings is 1. The highest BCUT2D eigenvalue weighted by molar-refractivity contribution is 6.30. The largest absolute Gasteiger partial charge is 0.383 e. The predicted octanol–water partition coefficient (Wildman–Crippen LogP) is 3.38. The average molecular weight is 285 g/mol. The lowest BCUT2D eigenvalue weighted by Crippen LogP contribution is -1.97. The van der Waals surface area contributed by atoms with Crippen LogP contribution in [0.2, 0.25) is 5.02 Å². The molecule has 0 aliphatic carbocycles. The molecule has 0 atom stereocenters. The van der Waals surface area contributed by atoms with Gasteiger partial charge >= 0.3 is 0 Å². The van der Waals surface area contributed by atoms with E-state index < -0.39 is 0 Å². The molecule has 2 N–H and O–H groups in total. The standard InChI is InChI=1S/C15H13ClN4/c1-20-15(17)13(10-5-7-11(16)8-6-10)14(19-20)12-4-2-3-9-18-12/h2-9H,17H2,1H3. The van der Waals surface area contributed by atoms with Crippen molar-refractivity contribution in [2.75, 3.05) is 5.73 Å². The Balaban J connectivity index is 2.22. The summed E-state index contributed by atoms with van der Waals surface area (Å²) >= 11 is 5.94. The van der Waals surface area contributed by atoms with E-state index in [0.29, 0.717) is 10.8 Å². The molecule has 0 saturated carbocycles. The van der Waals surface area contributed by atoms with Crippen LogP contribution in [0.15, 0.2) is 48.7 Å². The SMILES string of the molecule is Cn1nc(-c2ccccn2)c(-c2ccc(Cl)cc2)c1N. The van der Waals surface area contributed by atoms with Crippen molar-refractivity contribution in [3.05, 3.63) is 53.7 Å². The molecular weight excluding hydrogens is 272 g/mol. The molecule has 0 unspecified atom stereocenters. The van der Waals surface area contributed by atoms with Crippen LogP contribution in [0.25, 0.3) is 22.5 Å². The van der Waals surface area contributed by atoms with Gasteiger partial charge in [0.15, 0.2) is 0 Å². The van der Waals surface area contributed by atoms with Crippen LogP contribution in [0.3, 0.4) is 0 Å². The molecule has 3 rings (SSSR count). The highest BCUT2D eigenvalue weighted by Crippen LogP contribution is 2.35. The summed E-state index contributed by atoms with van der Waals surface area (Å²) in [6.45, 7) is 0. The first kappa shape index (κ1) is 12.7. The van der Waals surface area contributed by atoms with Crippen LogP contribution in [0.4, 0.5) is 5.82 Å². The Labute approximate surface area is 121 Å². The molecule has 4 nitrogen and oxygen atoms in total. The van der Waals surface area contributed by atoms with Gasteiger partial charge in [0.2, 0.25) is 0 Å². The van der Waals surface area contributed by atoms with Crippen molar-refractivity contribution in [3.63, 3.8) is 0 Å². The van der Waals surface area contributed by atoms with Crippen LogP contribution < -0.4 is 5.73 Å². The number of aryl methyl sites for hydroxylation is 1. The summed E-state index contributed by atoms with van der Waals surface area (Å²) in [7, 11) is 1.82. The van der Waals surface area contributed by atoms with Gasteiger partial charge in [-0.05, 0) is 29.8 Å². The Kier molecular flexibility index (Phi) is 3.16. The van der Waals surface area contributed by atoms with Gasteiger partial charge in [-0.15, -0.1) is 0 Å². The fourth-order valence-electron chi connectivity index (χ4n) is 2.12. The zero-order valence-corrected chi connectivity index (χ0v) is 11.7. The first-order valence-electron chi connectivity index (χ1n) is 6.16. The summed E-state index contributed by atoms with van der Waals surface area (Å²) in [5.41, 5.74) is 9.57. The second-order valence-corrected chi connectivity index (χ2v) is 4.89. The summed E-state index contributed by atoms with van der Waals surface area (Å²) in [5, 5.41) is 5.17. The van der Waals surface area contributed by atoms with Gasteiger partial charge in [-0.2, -0.15) is 5.10 Å². The molecule has 0 saturated heterocycles. The van der Waals surface area contributed by atoms with Crippen LogP contribution in [0, 0.1) is 0 Å². The summed E-state index contributed by atoms with van der Waals surface area (Å²) < 4.78 is 1.66. The molecule has 0 aliphatic rings. The third kappa shape index (κ3) is 2.14. The Morgan fingerprint density at radius 1 is 1.10 bits per heavy atom.